The molecule has 0 bridgehead atoms. The van der Waals surface area contributed by atoms with Crippen molar-refractivity contribution in [2.24, 2.45) is 0 Å². The van der Waals surface area contributed by atoms with Crippen molar-refractivity contribution in [1.29, 1.82) is 0 Å². The van der Waals surface area contributed by atoms with E-state index in [0.717, 1.165) is 18.8 Å². The summed E-state index contributed by atoms with van der Waals surface area (Å²) in [6, 6.07) is 0.0241. The molecule has 0 spiro atoms. The van der Waals surface area contributed by atoms with Crippen LogP contribution < -0.4 is 0 Å². The van der Waals surface area contributed by atoms with Crippen molar-refractivity contribution in [1.82, 2.24) is 14.8 Å². The average Bonchev–Trinajstić information content (AvgIpc) is 3.05. The highest BCUT2D eigenvalue weighted by Crippen LogP contribution is 2.22. The predicted octanol–water partition coefficient (Wildman–Crippen LogP) is -0.0310. The molecule has 110 valence electrons. The van der Waals surface area contributed by atoms with Crippen LogP contribution in [0.4, 0.5) is 0 Å². The fraction of sp³-hybridized carbons (Fsp3) is 0.692. The van der Waals surface area contributed by atoms with Crippen molar-refractivity contribution in [3.05, 3.63) is 16.1 Å². The summed E-state index contributed by atoms with van der Waals surface area (Å²) in [5, 5.41) is 10.2. The maximum atomic E-state index is 12.4. The summed E-state index contributed by atoms with van der Waals surface area (Å²) in [7, 11) is 0. The van der Waals surface area contributed by atoms with Crippen LogP contribution in [0.15, 0.2) is 5.51 Å². The Hall–Kier alpha value is -1.02. The molecule has 3 heterocycles. The van der Waals surface area contributed by atoms with Crippen LogP contribution in [0, 0.1) is 6.92 Å². The zero-order chi connectivity index (χ0) is 14.1. The molecule has 3 rings (SSSR count). The van der Waals surface area contributed by atoms with Gasteiger partial charge < -0.3 is 14.7 Å². The molecule has 1 amide bonds. The first kappa shape index (κ1) is 13.9. The van der Waals surface area contributed by atoms with Crippen LogP contribution in [-0.4, -0.2) is 77.3 Å². The molecular weight excluding hydrogens is 278 g/mol. The van der Waals surface area contributed by atoms with E-state index in [1.807, 2.05) is 6.92 Å². The number of amides is 1. The highest BCUT2D eigenvalue weighted by Gasteiger charge is 2.38. The van der Waals surface area contributed by atoms with Crippen molar-refractivity contribution >= 4 is 17.2 Å². The van der Waals surface area contributed by atoms with E-state index < -0.39 is 6.10 Å². The lowest BCUT2D eigenvalue weighted by Gasteiger charge is -2.33. The normalized spacial score (nSPS) is 28.0. The first-order chi connectivity index (χ1) is 9.66. The molecule has 0 aromatic carbocycles. The number of carbonyl (C=O) groups is 1. The second-order valence-corrected chi connectivity index (χ2v) is 6.11. The van der Waals surface area contributed by atoms with Crippen molar-refractivity contribution in [3.63, 3.8) is 0 Å². The first-order valence-electron chi connectivity index (χ1n) is 6.86. The molecule has 0 radical (unpaired) electrons. The minimum Gasteiger partial charge on any atom is -0.390 e. The number of nitrogens with zero attached hydrogens (tertiary/aromatic N) is 3. The van der Waals surface area contributed by atoms with Gasteiger partial charge >= 0.3 is 0 Å². The smallest absolute Gasteiger partial charge is 0.265 e. The number of β-amino-alcohol motifs (C(OH)–C–C–N with tert-alkyl or cyclic N) is 1. The van der Waals surface area contributed by atoms with Gasteiger partial charge in [0.15, 0.2) is 0 Å². The highest BCUT2D eigenvalue weighted by molar-refractivity contribution is 7.11. The van der Waals surface area contributed by atoms with Crippen molar-refractivity contribution in [3.8, 4) is 0 Å². The van der Waals surface area contributed by atoms with Gasteiger partial charge in [-0.2, -0.15) is 0 Å². The number of carbonyl (C=O) groups excluding carboxylic acids is 1. The first-order valence-corrected chi connectivity index (χ1v) is 7.74. The van der Waals surface area contributed by atoms with Gasteiger partial charge in [-0.05, 0) is 6.92 Å². The second kappa shape index (κ2) is 5.77. The molecule has 2 saturated heterocycles. The number of ether oxygens (including phenoxy) is 1. The highest BCUT2D eigenvalue weighted by atomic mass is 32.1. The van der Waals surface area contributed by atoms with Gasteiger partial charge in [0.05, 0.1) is 36.6 Å². The van der Waals surface area contributed by atoms with Crippen LogP contribution >= 0.6 is 11.3 Å². The van der Waals surface area contributed by atoms with Gasteiger partial charge in [0, 0.05) is 26.2 Å². The zero-order valence-corrected chi connectivity index (χ0v) is 12.3. The number of rotatable bonds is 2. The Morgan fingerprint density at radius 2 is 2.20 bits per heavy atom. The fourth-order valence-electron chi connectivity index (χ4n) is 2.85. The number of aliphatic hydroxyl groups excluding tert-OH is 1. The third-order valence-electron chi connectivity index (χ3n) is 4.00. The summed E-state index contributed by atoms with van der Waals surface area (Å²) < 4.78 is 5.33. The van der Waals surface area contributed by atoms with E-state index >= 15 is 0 Å². The summed E-state index contributed by atoms with van der Waals surface area (Å²) in [5.74, 6) is -0.0141. The van der Waals surface area contributed by atoms with Crippen LogP contribution in [0.2, 0.25) is 0 Å². The maximum Gasteiger partial charge on any atom is 0.265 e. The van der Waals surface area contributed by atoms with Gasteiger partial charge in [0.25, 0.3) is 5.91 Å². The topological polar surface area (TPSA) is 65.9 Å². The second-order valence-electron chi connectivity index (χ2n) is 5.26. The number of likely N-dealkylation sites (tertiary alicyclic amines) is 1. The fourth-order valence-corrected chi connectivity index (χ4v) is 3.62. The Labute approximate surface area is 122 Å². The lowest BCUT2D eigenvalue weighted by atomic mass is 10.1. The van der Waals surface area contributed by atoms with Gasteiger partial charge in [-0.3, -0.25) is 9.69 Å². The monoisotopic (exact) mass is 297 g/mol. The van der Waals surface area contributed by atoms with E-state index in [0.29, 0.717) is 31.2 Å². The summed E-state index contributed by atoms with van der Waals surface area (Å²) in [6.07, 6.45) is -0.481. The minimum atomic E-state index is -0.481. The Morgan fingerprint density at radius 1 is 1.45 bits per heavy atom. The molecule has 2 aliphatic rings. The number of morpholine rings is 1. The Bertz CT molecular complexity index is 487. The van der Waals surface area contributed by atoms with Crippen molar-refractivity contribution in [2.45, 2.75) is 19.1 Å². The molecule has 7 heteroatoms. The van der Waals surface area contributed by atoms with E-state index in [9.17, 15) is 9.90 Å². The molecule has 2 aliphatic heterocycles. The molecule has 1 aromatic rings. The number of hydrogen-bond donors (Lipinski definition) is 1. The van der Waals surface area contributed by atoms with Gasteiger partial charge in [0.1, 0.15) is 4.88 Å². The predicted molar refractivity (Wildman–Crippen MR) is 74.9 cm³/mol. The minimum absolute atomic E-state index is 0.0141. The third-order valence-corrected chi connectivity index (χ3v) is 4.92. The van der Waals surface area contributed by atoms with Gasteiger partial charge in [0.2, 0.25) is 0 Å². The molecule has 0 saturated carbocycles. The Kier molecular flexibility index (Phi) is 4.02. The molecule has 1 aromatic heterocycles. The van der Waals surface area contributed by atoms with E-state index in [-0.39, 0.29) is 11.9 Å². The largest absolute Gasteiger partial charge is 0.390 e. The van der Waals surface area contributed by atoms with Gasteiger partial charge in [-0.25, -0.2) is 4.98 Å². The lowest BCUT2D eigenvalue weighted by Crippen LogP contribution is -2.49. The number of aryl methyl sites for hydroxylation is 1. The number of hydrogen-bond acceptors (Lipinski definition) is 6. The maximum absolute atomic E-state index is 12.4. The molecule has 20 heavy (non-hydrogen) atoms. The van der Waals surface area contributed by atoms with Gasteiger partial charge in [-0.1, -0.05) is 0 Å². The number of aromatic nitrogens is 1. The summed E-state index contributed by atoms with van der Waals surface area (Å²) in [5.41, 5.74) is 2.46. The third kappa shape index (κ3) is 2.58. The number of thiazole rings is 1. The van der Waals surface area contributed by atoms with E-state index in [1.54, 1.807) is 10.4 Å². The van der Waals surface area contributed by atoms with Crippen LogP contribution in [0.5, 0.6) is 0 Å². The number of aliphatic hydroxyl groups is 1. The quantitative estimate of drug-likeness (QED) is 0.830. The van der Waals surface area contributed by atoms with Gasteiger partial charge in [-0.15, -0.1) is 11.3 Å². The summed E-state index contributed by atoms with van der Waals surface area (Å²) in [6.45, 7) is 5.87. The zero-order valence-electron chi connectivity index (χ0n) is 11.5. The van der Waals surface area contributed by atoms with Crippen molar-refractivity contribution in [2.75, 3.05) is 39.4 Å². The molecule has 0 aliphatic carbocycles. The van der Waals surface area contributed by atoms with E-state index in [4.69, 9.17) is 4.74 Å². The van der Waals surface area contributed by atoms with Crippen LogP contribution in [0.25, 0.3) is 0 Å². The van der Waals surface area contributed by atoms with E-state index in [2.05, 4.69) is 9.88 Å². The standard InChI is InChI=1S/C13H19N3O3S/c1-9-12(20-8-14-9)13(18)16-6-10(11(17)7-16)15-2-4-19-5-3-15/h8,10-11,17H,2-7H2,1H3/t10-,11-/m1/s1. The Morgan fingerprint density at radius 3 is 2.85 bits per heavy atom. The molecule has 1 N–H and O–H groups in total. The molecule has 6 nitrogen and oxygen atoms in total. The molecule has 2 fully saturated rings. The van der Waals surface area contributed by atoms with Crippen LogP contribution in [0.3, 0.4) is 0 Å². The summed E-state index contributed by atoms with van der Waals surface area (Å²) >= 11 is 1.36. The van der Waals surface area contributed by atoms with E-state index in [1.165, 1.54) is 11.3 Å². The molecule has 0 unspecified atom stereocenters. The van der Waals surface area contributed by atoms with Crippen LogP contribution in [-0.2, 0) is 4.74 Å². The van der Waals surface area contributed by atoms with Crippen LogP contribution in [0.1, 0.15) is 15.4 Å². The average molecular weight is 297 g/mol. The SMILES string of the molecule is Cc1ncsc1C(=O)N1C[C@@H](O)[C@H](N2CCOCC2)C1. The summed E-state index contributed by atoms with van der Waals surface area (Å²) in [4.78, 5) is 21.2. The Balaban J connectivity index is 1.68. The molecule has 2 atom stereocenters. The van der Waals surface area contributed by atoms with Crippen molar-refractivity contribution < 1.29 is 14.6 Å². The lowest BCUT2D eigenvalue weighted by molar-refractivity contribution is -0.00611. The molecular formula is C13H19N3O3S.